The Morgan fingerprint density at radius 1 is 1.05 bits per heavy atom. The fourth-order valence-electron chi connectivity index (χ4n) is 3.03. The maximum absolute atomic E-state index is 6.07. The second-order valence-corrected chi connectivity index (χ2v) is 7.53. The number of hydrogen-bond acceptors (Lipinski definition) is 4. The van der Waals surface area contributed by atoms with Crippen LogP contribution in [-0.2, 0) is 15.9 Å². The minimum Gasteiger partial charge on any atom is -0.399 e. The Morgan fingerprint density at radius 2 is 1.68 bits per heavy atom. The zero-order chi connectivity index (χ0) is 15.8. The first-order valence-electron chi connectivity index (χ1n) is 8.48. The summed E-state index contributed by atoms with van der Waals surface area (Å²) in [5, 5.41) is 4.47. The second-order valence-electron chi connectivity index (χ2n) is 7.53. The molecule has 0 atom stereocenters. The van der Waals surface area contributed by atoms with E-state index in [-0.39, 0.29) is 18.3 Å². The van der Waals surface area contributed by atoms with Crippen molar-refractivity contribution in [2.75, 3.05) is 19.6 Å². The zero-order valence-electron chi connectivity index (χ0n) is 14.3. The molecule has 1 aromatic heterocycles. The number of rotatable bonds is 4. The lowest BCUT2D eigenvalue weighted by atomic mass is 9.82. The Morgan fingerprint density at radius 3 is 2.32 bits per heavy atom. The van der Waals surface area contributed by atoms with Crippen molar-refractivity contribution in [1.29, 1.82) is 0 Å². The largest absolute Gasteiger partial charge is 0.498 e. The van der Waals surface area contributed by atoms with E-state index < -0.39 is 0 Å². The van der Waals surface area contributed by atoms with Crippen LogP contribution in [0.1, 0.15) is 47.0 Å². The van der Waals surface area contributed by atoms with Gasteiger partial charge in [0.15, 0.2) is 0 Å². The highest BCUT2D eigenvalue weighted by Gasteiger charge is 2.52. The molecule has 0 N–H and O–H groups in total. The van der Waals surface area contributed by atoms with Crippen LogP contribution in [0, 0.1) is 0 Å². The molecule has 3 heterocycles. The molecule has 0 spiro atoms. The first-order chi connectivity index (χ1) is 10.4. The average Bonchev–Trinajstić information content (AvgIpc) is 3.01. The van der Waals surface area contributed by atoms with Crippen molar-refractivity contribution in [2.45, 2.75) is 64.7 Å². The smallest absolute Gasteiger partial charge is 0.399 e. The summed E-state index contributed by atoms with van der Waals surface area (Å²) in [5.74, 6) is 0. The van der Waals surface area contributed by atoms with Gasteiger partial charge in [-0.2, -0.15) is 5.10 Å². The van der Waals surface area contributed by atoms with Crippen LogP contribution < -0.4 is 5.46 Å². The number of piperidine rings is 1. The van der Waals surface area contributed by atoms with Gasteiger partial charge in [-0.25, -0.2) is 0 Å². The minimum absolute atomic E-state index is 0.298. The molecule has 1 aromatic rings. The van der Waals surface area contributed by atoms with E-state index >= 15 is 0 Å². The highest BCUT2D eigenvalue weighted by Crippen LogP contribution is 2.36. The van der Waals surface area contributed by atoms with Gasteiger partial charge >= 0.3 is 7.12 Å². The Hall–Kier alpha value is -0.845. The molecule has 0 aliphatic carbocycles. The third-order valence-corrected chi connectivity index (χ3v) is 5.27. The van der Waals surface area contributed by atoms with Crippen molar-refractivity contribution in [1.82, 2.24) is 14.7 Å². The van der Waals surface area contributed by atoms with E-state index in [1.54, 1.807) is 0 Å². The molecule has 0 aromatic carbocycles. The van der Waals surface area contributed by atoms with Crippen LogP contribution in [0.25, 0.3) is 0 Å². The Bertz CT molecular complexity index is 493. The van der Waals surface area contributed by atoms with Gasteiger partial charge in [0, 0.05) is 24.4 Å². The fourth-order valence-corrected chi connectivity index (χ4v) is 3.03. The van der Waals surface area contributed by atoms with Gasteiger partial charge in [-0.05, 0) is 53.6 Å². The van der Waals surface area contributed by atoms with Crippen LogP contribution in [0.3, 0.4) is 0 Å². The quantitative estimate of drug-likeness (QED) is 0.793. The van der Waals surface area contributed by atoms with Gasteiger partial charge in [0.1, 0.15) is 0 Å². The van der Waals surface area contributed by atoms with Gasteiger partial charge in [0.2, 0.25) is 0 Å². The lowest BCUT2D eigenvalue weighted by molar-refractivity contribution is 0.00578. The molecular weight excluding hydrogens is 277 g/mol. The molecule has 2 aliphatic heterocycles. The monoisotopic (exact) mass is 305 g/mol. The number of aromatic nitrogens is 2. The Labute approximate surface area is 134 Å². The van der Waals surface area contributed by atoms with Crippen LogP contribution in [0.2, 0.25) is 0 Å². The van der Waals surface area contributed by atoms with E-state index in [1.165, 1.54) is 32.4 Å². The summed E-state index contributed by atoms with van der Waals surface area (Å²) in [6.45, 7) is 12.8. The predicted octanol–water partition coefficient (Wildman–Crippen LogP) is 1.67. The molecule has 2 saturated heterocycles. The SMILES string of the molecule is CC1(C)OB(c2cnn(CCN3CCCCC3)c2)OC1(C)C. The van der Waals surface area contributed by atoms with Gasteiger partial charge in [-0.15, -0.1) is 0 Å². The lowest BCUT2D eigenvalue weighted by Crippen LogP contribution is -2.41. The molecule has 122 valence electrons. The summed E-state index contributed by atoms with van der Waals surface area (Å²) >= 11 is 0. The van der Waals surface area contributed by atoms with Gasteiger partial charge in [-0.1, -0.05) is 6.42 Å². The molecule has 2 fully saturated rings. The minimum atomic E-state index is -0.311. The van der Waals surface area contributed by atoms with Crippen molar-refractivity contribution in [3.63, 3.8) is 0 Å². The summed E-state index contributed by atoms with van der Waals surface area (Å²) < 4.78 is 14.2. The number of nitrogens with zero attached hydrogens (tertiary/aromatic N) is 3. The molecule has 2 aliphatic rings. The van der Waals surface area contributed by atoms with Crippen molar-refractivity contribution in [3.05, 3.63) is 12.4 Å². The molecule has 0 bridgehead atoms. The summed E-state index contributed by atoms with van der Waals surface area (Å²) in [6, 6.07) is 0. The first kappa shape index (κ1) is 16.0. The maximum Gasteiger partial charge on any atom is 0.498 e. The molecule has 0 amide bonds. The summed E-state index contributed by atoms with van der Waals surface area (Å²) in [4.78, 5) is 2.53. The van der Waals surface area contributed by atoms with Crippen LogP contribution in [0.15, 0.2) is 12.4 Å². The Balaban J connectivity index is 1.57. The molecule has 3 rings (SSSR count). The molecule has 0 saturated carbocycles. The second kappa shape index (κ2) is 5.98. The third-order valence-electron chi connectivity index (χ3n) is 5.27. The van der Waals surface area contributed by atoms with E-state index in [2.05, 4.69) is 43.9 Å². The van der Waals surface area contributed by atoms with E-state index in [0.717, 1.165) is 18.6 Å². The molecule has 0 unspecified atom stereocenters. The first-order valence-corrected chi connectivity index (χ1v) is 8.48. The van der Waals surface area contributed by atoms with E-state index in [4.69, 9.17) is 9.31 Å². The van der Waals surface area contributed by atoms with Crippen LogP contribution in [-0.4, -0.2) is 52.6 Å². The number of hydrogen-bond donors (Lipinski definition) is 0. The molecule has 22 heavy (non-hydrogen) atoms. The average molecular weight is 305 g/mol. The summed E-state index contributed by atoms with van der Waals surface area (Å²) in [6.07, 6.45) is 7.98. The van der Waals surface area contributed by atoms with Gasteiger partial charge in [0.05, 0.1) is 17.7 Å². The van der Waals surface area contributed by atoms with Crippen molar-refractivity contribution < 1.29 is 9.31 Å². The van der Waals surface area contributed by atoms with Crippen LogP contribution >= 0.6 is 0 Å². The van der Waals surface area contributed by atoms with Gasteiger partial charge in [-0.3, -0.25) is 4.68 Å². The topological polar surface area (TPSA) is 39.5 Å². The number of likely N-dealkylation sites (tertiary alicyclic amines) is 1. The van der Waals surface area contributed by atoms with Gasteiger partial charge in [0.25, 0.3) is 0 Å². The van der Waals surface area contributed by atoms with E-state index in [0.29, 0.717) is 0 Å². The standard InChI is InChI=1S/C16H28BN3O2/c1-15(2)16(3,4)22-17(21-15)14-12-18-20(13-14)11-10-19-8-6-5-7-9-19/h12-13H,5-11H2,1-4H3. The van der Waals surface area contributed by atoms with Crippen molar-refractivity contribution >= 4 is 12.6 Å². The van der Waals surface area contributed by atoms with Crippen LogP contribution in [0.5, 0.6) is 0 Å². The van der Waals surface area contributed by atoms with E-state index in [1.807, 2.05) is 10.9 Å². The summed E-state index contributed by atoms with van der Waals surface area (Å²) in [7, 11) is -0.311. The van der Waals surface area contributed by atoms with E-state index in [9.17, 15) is 0 Å². The van der Waals surface area contributed by atoms with Crippen molar-refractivity contribution in [2.24, 2.45) is 0 Å². The predicted molar refractivity (Wildman–Crippen MR) is 88.2 cm³/mol. The highest BCUT2D eigenvalue weighted by molar-refractivity contribution is 6.61. The zero-order valence-corrected chi connectivity index (χ0v) is 14.3. The normalized spacial score (nSPS) is 24.8. The fraction of sp³-hybridized carbons (Fsp3) is 0.812. The Kier molecular flexibility index (Phi) is 4.36. The molecule has 5 nitrogen and oxygen atoms in total. The van der Waals surface area contributed by atoms with Crippen molar-refractivity contribution in [3.8, 4) is 0 Å². The highest BCUT2D eigenvalue weighted by atomic mass is 16.7. The molecular formula is C16H28BN3O2. The van der Waals surface area contributed by atoms with Gasteiger partial charge < -0.3 is 14.2 Å². The summed E-state index contributed by atoms with van der Waals surface area (Å²) in [5.41, 5.74) is 0.415. The molecule has 0 radical (unpaired) electrons. The maximum atomic E-state index is 6.07. The lowest BCUT2D eigenvalue weighted by Gasteiger charge is -2.32. The van der Waals surface area contributed by atoms with Crippen LogP contribution in [0.4, 0.5) is 0 Å². The third kappa shape index (κ3) is 3.24. The molecule has 6 heteroatoms.